The second-order valence-corrected chi connectivity index (χ2v) is 5.28. The lowest BCUT2D eigenvalue weighted by atomic mass is 10.1. The van der Waals surface area contributed by atoms with E-state index >= 15 is 0 Å². The lowest BCUT2D eigenvalue weighted by Gasteiger charge is -2.12. The second kappa shape index (κ2) is 10.7. The smallest absolute Gasteiger partial charge is 0.191 e. The van der Waals surface area contributed by atoms with Crippen molar-refractivity contribution in [2.45, 2.75) is 26.9 Å². The molecule has 0 spiro atoms. The van der Waals surface area contributed by atoms with E-state index in [0.29, 0.717) is 12.1 Å². The fraction of sp³-hybridized carbons (Fsp3) is 0.263. The Morgan fingerprint density at radius 3 is 2.42 bits per heavy atom. The van der Waals surface area contributed by atoms with E-state index in [4.69, 9.17) is 5.26 Å². The highest BCUT2D eigenvalue weighted by atomic mass is 127. The normalized spacial score (nSPS) is 10.5. The third kappa shape index (κ3) is 6.20. The van der Waals surface area contributed by atoms with Gasteiger partial charge < -0.3 is 10.6 Å². The number of aliphatic imine (C=N–C) groups is 1. The molecule has 0 fully saturated rings. The molecule has 2 N–H and O–H groups in total. The number of aryl methyl sites for hydroxylation is 1. The van der Waals surface area contributed by atoms with E-state index < -0.39 is 0 Å². The van der Waals surface area contributed by atoms with Crippen molar-refractivity contribution in [1.82, 2.24) is 10.6 Å². The molecule has 2 aromatic carbocycles. The molecule has 0 aromatic heterocycles. The molecule has 0 unspecified atom stereocenters. The van der Waals surface area contributed by atoms with Crippen LogP contribution in [0.3, 0.4) is 0 Å². The van der Waals surface area contributed by atoms with Crippen LogP contribution in [0.4, 0.5) is 0 Å². The molecule has 0 aliphatic carbocycles. The van der Waals surface area contributed by atoms with Crippen LogP contribution >= 0.6 is 24.0 Å². The Balaban J connectivity index is 0.00000288. The first kappa shape index (κ1) is 20.0. The molecule has 0 saturated heterocycles. The first-order valence-electron chi connectivity index (χ1n) is 7.78. The van der Waals surface area contributed by atoms with E-state index in [0.717, 1.165) is 24.6 Å². The first-order chi connectivity index (χ1) is 11.2. The van der Waals surface area contributed by atoms with Gasteiger partial charge in [0.05, 0.1) is 18.2 Å². The highest BCUT2D eigenvalue weighted by Gasteiger charge is 2.01. The van der Waals surface area contributed by atoms with Crippen LogP contribution in [0.15, 0.2) is 53.5 Å². The van der Waals surface area contributed by atoms with Gasteiger partial charge in [0.15, 0.2) is 5.96 Å². The first-order valence-corrected chi connectivity index (χ1v) is 7.78. The minimum Gasteiger partial charge on any atom is -0.357 e. The predicted octanol–water partition coefficient (Wildman–Crippen LogP) is 3.74. The number of nitrogens with zero attached hydrogens (tertiary/aromatic N) is 2. The summed E-state index contributed by atoms with van der Waals surface area (Å²) in [4.78, 5) is 4.60. The Morgan fingerprint density at radius 2 is 1.79 bits per heavy atom. The summed E-state index contributed by atoms with van der Waals surface area (Å²) in [5.74, 6) is 0.792. The van der Waals surface area contributed by atoms with Gasteiger partial charge in [0.25, 0.3) is 0 Å². The number of guanidine groups is 1. The molecular formula is C19H23IN4. The summed E-state index contributed by atoms with van der Waals surface area (Å²) >= 11 is 0. The molecule has 24 heavy (non-hydrogen) atoms. The fourth-order valence-electron chi connectivity index (χ4n) is 2.18. The van der Waals surface area contributed by atoms with Gasteiger partial charge in [0.1, 0.15) is 0 Å². The van der Waals surface area contributed by atoms with Crippen molar-refractivity contribution < 1.29 is 0 Å². The van der Waals surface area contributed by atoms with Crippen molar-refractivity contribution in [3.63, 3.8) is 0 Å². The molecule has 0 bridgehead atoms. The lowest BCUT2D eigenvalue weighted by Crippen LogP contribution is -2.36. The highest BCUT2D eigenvalue weighted by Crippen LogP contribution is 2.07. The van der Waals surface area contributed by atoms with Crippen molar-refractivity contribution in [3.05, 3.63) is 70.8 Å². The SMILES string of the molecule is CCNC(=NCc1ccc(C#N)cc1)NCc1ccccc1C.I. The Hall–Kier alpha value is -2.07. The summed E-state index contributed by atoms with van der Waals surface area (Å²) in [6.07, 6.45) is 0. The number of halogens is 1. The summed E-state index contributed by atoms with van der Waals surface area (Å²) in [5, 5.41) is 15.4. The van der Waals surface area contributed by atoms with Gasteiger partial charge >= 0.3 is 0 Å². The average Bonchev–Trinajstić information content (AvgIpc) is 2.59. The number of rotatable bonds is 5. The third-order valence-electron chi connectivity index (χ3n) is 3.55. The summed E-state index contributed by atoms with van der Waals surface area (Å²) in [5.41, 5.74) is 4.28. The minimum absolute atomic E-state index is 0. The Kier molecular flexibility index (Phi) is 8.87. The Morgan fingerprint density at radius 1 is 1.08 bits per heavy atom. The quantitative estimate of drug-likeness (QED) is 0.428. The molecular weight excluding hydrogens is 411 g/mol. The van der Waals surface area contributed by atoms with Crippen LogP contribution in [-0.2, 0) is 13.1 Å². The zero-order chi connectivity index (χ0) is 16.5. The van der Waals surface area contributed by atoms with Crippen molar-refractivity contribution in [1.29, 1.82) is 5.26 Å². The van der Waals surface area contributed by atoms with Crippen molar-refractivity contribution in [3.8, 4) is 6.07 Å². The maximum Gasteiger partial charge on any atom is 0.191 e. The molecule has 0 atom stereocenters. The van der Waals surface area contributed by atoms with E-state index in [-0.39, 0.29) is 24.0 Å². The zero-order valence-electron chi connectivity index (χ0n) is 14.0. The topological polar surface area (TPSA) is 60.2 Å². The van der Waals surface area contributed by atoms with E-state index in [1.807, 2.05) is 43.3 Å². The molecule has 0 radical (unpaired) electrons. The van der Waals surface area contributed by atoms with Crippen LogP contribution in [-0.4, -0.2) is 12.5 Å². The van der Waals surface area contributed by atoms with E-state index in [2.05, 4.69) is 40.8 Å². The van der Waals surface area contributed by atoms with Gasteiger partial charge in [0.2, 0.25) is 0 Å². The molecule has 4 nitrogen and oxygen atoms in total. The van der Waals surface area contributed by atoms with Crippen LogP contribution in [0.5, 0.6) is 0 Å². The maximum atomic E-state index is 8.82. The van der Waals surface area contributed by atoms with Gasteiger partial charge in [-0.15, -0.1) is 24.0 Å². The van der Waals surface area contributed by atoms with E-state index in [1.165, 1.54) is 11.1 Å². The van der Waals surface area contributed by atoms with Crippen molar-refractivity contribution >= 4 is 29.9 Å². The van der Waals surface area contributed by atoms with Crippen LogP contribution in [0.25, 0.3) is 0 Å². The molecule has 2 aromatic rings. The standard InChI is InChI=1S/C19H22N4.HI/c1-3-21-19(23-14-18-7-5-4-6-15(18)2)22-13-17-10-8-16(12-20)9-11-17;/h4-11H,3,13-14H2,1-2H3,(H2,21,22,23);1H. The van der Waals surface area contributed by atoms with Crippen LogP contribution < -0.4 is 10.6 Å². The molecule has 0 aliphatic rings. The Labute approximate surface area is 161 Å². The zero-order valence-corrected chi connectivity index (χ0v) is 16.4. The summed E-state index contributed by atoms with van der Waals surface area (Å²) in [6, 6.07) is 18.0. The fourth-order valence-corrected chi connectivity index (χ4v) is 2.18. The summed E-state index contributed by atoms with van der Waals surface area (Å²) in [6.45, 7) is 6.29. The van der Waals surface area contributed by atoms with Gasteiger partial charge in [-0.25, -0.2) is 4.99 Å². The molecule has 0 saturated carbocycles. The van der Waals surface area contributed by atoms with Crippen LogP contribution in [0, 0.1) is 18.3 Å². The number of hydrogen-bond acceptors (Lipinski definition) is 2. The van der Waals surface area contributed by atoms with Gasteiger partial charge in [-0.3, -0.25) is 0 Å². The van der Waals surface area contributed by atoms with Gasteiger partial charge in [0, 0.05) is 13.1 Å². The van der Waals surface area contributed by atoms with Crippen molar-refractivity contribution in [2.24, 2.45) is 4.99 Å². The van der Waals surface area contributed by atoms with Crippen LogP contribution in [0.1, 0.15) is 29.2 Å². The largest absolute Gasteiger partial charge is 0.357 e. The predicted molar refractivity (Wildman–Crippen MR) is 109 cm³/mol. The third-order valence-corrected chi connectivity index (χ3v) is 3.55. The lowest BCUT2D eigenvalue weighted by molar-refractivity contribution is 0.813. The number of nitriles is 1. The minimum atomic E-state index is 0. The molecule has 5 heteroatoms. The summed E-state index contributed by atoms with van der Waals surface area (Å²) < 4.78 is 0. The molecule has 126 valence electrons. The van der Waals surface area contributed by atoms with Gasteiger partial charge in [-0.05, 0) is 42.7 Å². The van der Waals surface area contributed by atoms with Crippen molar-refractivity contribution in [2.75, 3.05) is 6.54 Å². The van der Waals surface area contributed by atoms with Gasteiger partial charge in [-0.2, -0.15) is 5.26 Å². The molecule has 0 heterocycles. The van der Waals surface area contributed by atoms with Crippen LogP contribution in [0.2, 0.25) is 0 Å². The second-order valence-electron chi connectivity index (χ2n) is 5.28. The maximum absolute atomic E-state index is 8.82. The molecule has 0 aliphatic heterocycles. The molecule has 0 amide bonds. The number of benzene rings is 2. The highest BCUT2D eigenvalue weighted by molar-refractivity contribution is 14.0. The van der Waals surface area contributed by atoms with E-state index in [9.17, 15) is 0 Å². The average molecular weight is 434 g/mol. The molecule has 2 rings (SSSR count). The monoisotopic (exact) mass is 434 g/mol. The number of nitrogens with one attached hydrogen (secondary N) is 2. The van der Waals surface area contributed by atoms with Gasteiger partial charge in [-0.1, -0.05) is 36.4 Å². The Bertz CT molecular complexity index is 702. The van der Waals surface area contributed by atoms with E-state index in [1.54, 1.807) is 0 Å². The summed E-state index contributed by atoms with van der Waals surface area (Å²) in [7, 11) is 0. The number of hydrogen-bond donors (Lipinski definition) is 2.